The summed E-state index contributed by atoms with van der Waals surface area (Å²) in [6.07, 6.45) is 6.10. The van der Waals surface area contributed by atoms with Gasteiger partial charge in [-0.3, -0.25) is 4.99 Å². The van der Waals surface area contributed by atoms with Crippen LogP contribution in [0, 0.1) is 5.92 Å². The van der Waals surface area contributed by atoms with Gasteiger partial charge in [0.05, 0.1) is 13.2 Å². The Hall–Kier alpha value is -1.91. The Morgan fingerprint density at radius 3 is 2.86 bits per heavy atom. The van der Waals surface area contributed by atoms with Crippen LogP contribution in [0.1, 0.15) is 32.1 Å². The molecule has 0 saturated heterocycles. The summed E-state index contributed by atoms with van der Waals surface area (Å²) in [7, 11) is 0. The zero-order valence-electron chi connectivity index (χ0n) is 12.3. The fraction of sp³-hybridized carbons (Fsp3) is 0.562. The molecular formula is C16H23N3O2. The molecule has 1 aromatic carbocycles. The molecule has 114 valence electrons. The summed E-state index contributed by atoms with van der Waals surface area (Å²) in [5.41, 5.74) is 6.79. The number of aliphatic imine (C=N–C) groups is 1. The Bertz CT molecular complexity index is 512. The lowest BCUT2D eigenvalue weighted by molar-refractivity contribution is 0.297. The van der Waals surface area contributed by atoms with Gasteiger partial charge in [0.15, 0.2) is 17.5 Å². The number of nitrogens with zero attached hydrogens (tertiary/aromatic N) is 1. The van der Waals surface area contributed by atoms with E-state index in [2.05, 4.69) is 10.3 Å². The molecule has 0 unspecified atom stereocenters. The predicted octanol–water partition coefficient (Wildman–Crippen LogP) is 2.76. The average molecular weight is 289 g/mol. The smallest absolute Gasteiger partial charge is 0.193 e. The van der Waals surface area contributed by atoms with Gasteiger partial charge in [-0.05, 0) is 30.9 Å². The molecule has 1 aliphatic heterocycles. The first-order valence-electron chi connectivity index (χ1n) is 7.78. The van der Waals surface area contributed by atoms with Crippen molar-refractivity contribution < 1.29 is 9.47 Å². The van der Waals surface area contributed by atoms with Gasteiger partial charge in [-0.25, -0.2) is 0 Å². The summed E-state index contributed by atoms with van der Waals surface area (Å²) in [5.74, 6) is 2.97. The van der Waals surface area contributed by atoms with Crippen molar-refractivity contribution in [2.45, 2.75) is 32.1 Å². The molecule has 1 fully saturated rings. The molecular weight excluding hydrogens is 266 g/mol. The molecule has 5 heteroatoms. The van der Waals surface area contributed by atoms with E-state index in [0.29, 0.717) is 19.2 Å². The SMILES string of the molecule is NC(=NCCCC1CC1)Nc1ccc2c(c1)OCCCO2. The molecule has 3 N–H and O–H groups in total. The maximum absolute atomic E-state index is 5.91. The van der Waals surface area contributed by atoms with Crippen LogP contribution in [0.2, 0.25) is 0 Å². The number of anilines is 1. The summed E-state index contributed by atoms with van der Waals surface area (Å²) >= 11 is 0. The van der Waals surface area contributed by atoms with Crippen molar-refractivity contribution in [1.82, 2.24) is 0 Å². The van der Waals surface area contributed by atoms with Gasteiger partial charge < -0.3 is 20.5 Å². The summed E-state index contributed by atoms with van der Waals surface area (Å²) in [4.78, 5) is 4.36. The molecule has 1 aromatic rings. The predicted molar refractivity (Wildman–Crippen MR) is 84.1 cm³/mol. The second-order valence-corrected chi connectivity index (χ2v) is 5.69. The Morgan fingerprint density at radius 2 is 2.05 bits per heavy atom. The number of ether oxygens (including phenoxy) is 2. The number of benzene rings is 1. The van der Waals surface area contributed by atoms with Crippen molar-refractivity contribution in [3.63, 3.8) is 0 Å². The monoisotopic (exact) mass is 289 g/mol. The molecule has 3 rings (SSSR count). The maximum Gasteiger partial charge on any atom is 0.193 e. The average Bonchev–Trinajstić information content (AvgIpc) is 3.30. The molecule has 5 nitrogen and oxygen atoms in total. The second-order valence-electron chi connectivity index (χ2n) is 5.69. The summed E-state index contributed by atoms with van der Waals surface area (Å²) in [6.45, 7) is 2.17. The molecule has 0 radical (unpaired) electrons. The Labute approximate surface area is 125 Å². The first kappa shape index (κ1) is 14.0. The van der Waals surface area contributed by atoms with Crippen LogP contribution in [0.25, 0.3) is 0 Å². The molecule has 0 atom stereocenters. The number of hydrogen-bond acceptors (Lipinski definition) is 3. The summed E-state index contributed by atoms with van der Waals surface area (Å²) < 4.78 is 11.3. The lowest BCUT2D eigenvalue weighted by Crippen LogP contribution is -2.22. The van der Waals surface area contributed by atoms with E-state index in [1.54, 1.807) is 0 Å². The van der Waals surface area contributed by atoms with E-state index < -0.39 is 0 Å². The minimum Gasteiger partial charge on any atom is -0.490 e. The Kier molecular flexibility index (Phi) is 4.48. The van der Waals surface area contributed by atoms with Crippen molar-refractivity contribution >= 4 is 11.6 Å². The van der Waals surface area contributed by atoms with Crippen molar-refractivity contribution in [1.29, 1.82) is 0 Å². The third-order valence-corrected chi connectivity index (χ3v) is 3.77. The van der Waals surface area contributed by atoms with Crippen molar-refractivity contribution in [2.24, 2.45) is 16.6 Å². The Balaban J connectivity index is 1.53. The Morgan fingerprint density at radius 1 is 1.24 bits per heavy atom. The molecule has 0 bridgehead atoms. The van der Waals surface area contributed by atoms with E-state index in [1.165, 1.54) is 19.3 Å². The summed E-state index contributed by atoms with van der Waals surface area (Å²) in [5, 5.41) is 3.11. The van der Waals surface area contributed by atoms with Gasteiger partial charge in [0, 0.05) is 24.7 Å². The quantitative estimate of drug-likeness (QED) is 0.497. The topological polar surface area (TPSA) is 68.9 Å². The van der Waals surface area contributed by atoms with Crippen molar-refractivity contribution in [3.05, 3.63) is 18.2 Å². The van der Waals surface area contributed by atoms with Crippen molar-refractivity contribution in [3.8, 4) is 11.5 Å². The van der Waals surface area contributed by atoms with Crippen LogP contribution in [0.4, 0.5) is 5.69 Å². The first-order valence-corrected chi connectivity index (χ1v) is 7.78. The highest BCUT2D eigenvalue weighted by Crippen LogP contribution is 2.33. The van der Waals surface area contributed by atoms with Gasteiger partial charge in [0.2, 0.25) is 0 Å². The van der Waals surface area contributed by atoms with E-state index in [0.717, 1.165) is 42.5 Å². The normalized spacial score (nSPS) is 18.2. The zero-order chi connectivity index (χ0) is 14.5. The van der Waals surface area contributed by atoms with Gasteiger partial charge in [-0.2, -0.15) is 0 Å². The first-order chi connectivity index (χ1) is 10.3. The third kappa shape index (κ3) is 4.28. The van der Waals surface area contributed by atoms with E-state index in [9.17, 15) is 0 Å². The second kappa shape index (κ2) is 6.70. The molecule has 1 saturated carbocycles. The standard InChI is InChI=1S/C16H23N3O2/c17-16(18-8-1-3-12-4-5-12)19-13-6-7-14-15(11-13)21-10-2-9-20-14/h6-7,11-12H,1-5,8-10H2,(H3,17,18,19). The van der Waals surface area contributed by atoms with Crippen LogP contribution in [-0.4, -0.2) is 25.7 Å². The van der Waals surface area contributed by atoms with Gasteiger partial charge in [-0.15, -0.1) is 0 Å². The highest BCUT2D eigenvalue weighted by Gasteiger charge is 2.19. The van der Waals surface area contributed by atoms with Gasteiger partial charge in [0.25, 0.3) is 0 Å². The number of nitrogens with one attached hydrogen (secondary N) is 1. The number of rotatable bonds is 5. The lowest BCUT2D eigenvalue weighted by atomic mass is 10.2. The van der Waals surface area contributed by atoms with Crippen LogP contribution in [-0.2, 0) is 0 Å². The van der Waals surface area contributed by atoms with Crippen LogP contribution < -0.4 is 20.5 Å². The lowest BCUT2D eigenvalue weighted by Gasteiger charge is -2.10. The van der Waals surface area contributed by atoms with Gasteiger partial charge >= 0.3 is 0 Å². The van der Waals surface area contributed by atoms with Gasteiger partial charge in [-0.1, -0.05) is 12.8 Å². The number of hydrogen-bond donors (Lipinski definition) is 2. The minimum atomic E-state index is 0.459. The molecule has 1 heterocycles. The van der Waals surface area contributed by atoms with E-state index in [4.69, 9.17) is 15.2 Å². The highest BCUT2D eigenvalue weighted by molar-refractivity contribution is 5.92. The molecule has 0 amide bonds. The fourth-order valence-electron chi connectivity index (χ4n) is 2.41. The number of guanidine groups is 1. The van der Waals surface area contributed by atoms with E-state index in [1.807, 2.05) is 18.2 Å². The summed E-state index contributed by atoms with van der Waals surface area (Å²) in [6, 6.07) is 5.75. The minimum absolute atomic E-state index is 0.459. The number of nitrogens with two attached hydrogens (primary N) is 1. The van der Waals surface area contributed by atoms with Crippen LogP contribution in [0.3, 0.4) is 0 Å². The maximum atomic E-state index is 5.91. The molecule has 1 aliphatic carbocycles. The highest BCUT2D eigenvalue weighted by atomic mass is 16.5. The third-order valence-electron chi connectivity index (χ3n) is 3.77. The molecule has 21 heavy (non-hydrogen) atoms. The number of fused-ring (bicyclic) bond motifs is 1. The fourth-order valence-corrected chi connectivity index (χ4v) is 2.41. The van der Waals surface area contributed by atoms with Crippen molar-refractivity contribution in [2.75, 3.05) is 25.1 Å². The molecule has 0 aromatic heterocycles. The van der Waals surface area contributed by atoms with Crippen LogP contribution in [0.15, 0.2) is 23.2 Å². The zero-order valence-corrected chi connectivity index (χ0v) is 12.3. The molecule has 0 spiro atoms. The van der Waals surface area contributed by atoms with E-state index in [-0.39, 0.29) is 0 Å². The van der Waals surface area contributed by atoms with E-state index >= 15 is 0 Å². The largest absolute Gasteiger partial charge is 0.490 e. The van der Waals surface area contributed by atoms with Crippen LogP contribution in [0.5, 0.6) is 11.5 Å². The van der Waals surface area contributed by atoms with Crippen LogP contribution >= 0.6 is 0 Å². The molecule has 2 aliphatic rings. The van der Waals surface area contributed by atoms with Gasteiger partial charge in [0.1, 0.15) is 0 Å².